The van der Waals surface area contributed by atoms with Gasteiger partial charge in [0, 0.05) is 67.8 Å². The molecular weight excluding hydrogens is 422 g/mol. The van der Waals surface area contributed by atoms with Gasteiger partial charge in [0.1, 0.15) is 5.82 Å². The molecule has 1 amide bonds. The summed E-state index contributed by atoms with van der Waals surface area (Å²) in [6.07, 6.45) is 11.2. The van der Waals surface area contributed by atoms with E-state index in [1.54, 1.807) is 0 Å². The van der Waals surface area contributed by atoms with Crippen molar-refractivity contribution in [2.45, 2.75) is 44.2 Å². The highest BCUT2D eigenvalue weighted by molar-refractivity contribution is 5.95. The van der Waals surface area contributed by atoms with Gasteiger partial charge in [0.2, 0.25) is 0 Å². The van der Waals surface area contributed by atoms with Crippen molar-refractivity contribution in [3.63, 3.8) is 0 Å². The second-order valence-corrected chi connectivity index (χ2v) is 10.4. The van der Waals surface area contributed by atoms with Crippen LogP contribution in [0.1, 0.15) is 41.6 Å². The number of rotatable bonds is 4. The minimum atomic E-state index is 0.196. The van der Waals surface area contributed by atoms with Crippen molar-refractivity contribution in [3.8, 4) is 0 Å². The van der Waals surface area contributed by atoms with Gasteiger partial charge in [-0.25, -0.2) is 4.98 Å². The van der Waals surface area contributed by atoms with Crippen LogP contribution >= 0.6 is 0 Å². The number of pyridine rings is 2. The van der Waals surface area contributed by atoms with Crippen LogP contribution in [0.5, 0.6) is 0 Å². The van der Waals surface area contributed by atoms with E-state index in [0.717, 1.165) is 69.7 Å². The number of hydrogen-bond acceptors (Lipinski definition) is 5. The summed E-state index contributed by atoms with van der Waals surface area (Å²) < 4.78 is 0. The van der Waals surface area contributed by atoms with Crippen LogP contribution in [-0.4, -0.2) is 71.0 Å². The molecular formula is C28H33N5O. The highest BCUT2D eigenvalue weighted by Crippen LogP contribution is 2.41. The molecule has 3 aromatic rings. The van der Waals surface area contributed by atoms with Crippen LogP contribution in [-0.2, 0) is 6.42 Å². The van der Waals surface area contributed by atoms with Crippen molar-refractivity contribution < 1.29 is 4.79 Å². The van der Waals surface area contributed by atoms with Crippen molar-refractivity contribution in [3.05, 3.63) is 66.1 Å². The lowest BCUT2D eigenvalue weighted by molar-refractivity contribution is 0.0524. The summed E-state index contributed by atoms with van der Waals surface area (Å²) in [5, 5.41) is 2.46. The Morgan fingerprint density at radius 2 is 1.74 bits per heavy atom. The number of carbonyl (C=O) groups is 1. The Balaban J connectivity index is 1.14. The Labute approximate surface area is 201 Å². The molecule has 0 spiro atoms. The van der Waals surface area contributed by atoms with E-state index in [1.165, 1.54) is 16.3 Å². The first-order chi connectivity index (χ1) is 16.6. The summed E-state index contributed by atoms with van der Waals surface area (Å²) in [7, 11) is 2.15. The second kappa shape index (κ2) is 8.99. The third-order valence-electron chi connectivity index (χ3n) is 8.11. The minimum Gasteiger partial charge on any atom is -0.354 e. The van der Waals surface area contributed by atoms with Gasteiger partial charge in [0.15, 0.2) is 0 Å². The molecule has 1 aromatic carbocycles. The van der Waals surface area contributed by atoms with Gasteiger partial charge in [-0.2, -0.15) is 0 Å². The van der Waals surface area contributed by atoms with E-state index in [-0.39, 0.29) is 5.91 Å². The van der Waals surface area contributed by atoms with Crippen molar-refractivity contribution in [1.29, 1.82) is 0 Å². The summed E-state index contributed by atoms with van der Waals surface area (Å²) >= 11 is 0. The van der Waals surface area contributed by atoms with Gasteiger partial charge < -0.3 is 14.7 Å². The lowest BCUT2D eigenvalue weighted by Crippen LogP contribution is -2.47. The Kier molecular flexibility index (Phi) is 5.69. The third-order valence-corrected chi connectivity index (χ3v) is 8.11. The number of aromatic nitrogens is 2. The molecule has 2 bridgehead atoms. The van der Waals surface area contributed by atoms with Gasteiger partial charge in [-0.3, -0.25) is 9.78 Å². The molecule has 0 saturated carbocycles. The van der Waals surface area contributed by atoms with Gasteiger partial charge in [0.25, 0.3) is 5.91 Å². The maximum absolute atomic E-state index is 13.6. The molecule has 3 saturated heterocycles. The molecule has 0 radical (unpaired) electrons. The highest BCUT2D eigenvalue weighted by atomic mass is 16.2. The number of carbonyl (C=O) groups excluding carboxylic acids is 1. The van der Waals surface area contributed by atoms with Gasteiger partial charge in [0.05, 0.1) is 0 Å². The quantitative estimate of drug-likeness (QED) is 0.595. The maximum atomic E-state index is 13.6. The first-order valence-electron chi connectivity index (χ1n) is 12.7. The number of piperidine rings is 1. The van der Waals surface area contributed by atoms with E-state index >= 15 is 0 Å². The number of amides is 1. The zero-order valence-corrected chi connectivity index (χ0v) is 19.9. The molecule has 6 nitrogen and oxygen atoms in total. The van der Waals surface area contributed by atoms with Crippen LogP contribution in [0.2, 0.25) is 0 Å². The summed E-state index contributed by atoms with van der Waals surface area (Å²) in [5.41, 5.74) is 2.19. The molecule has 3 aliphatic rings. The zero-order chi connectivity index (χ0) is 23.1. The predicted octanol–water partition coefficient (Wildman–Crippen LogP) is 4.01. The van der Waals surface area contributed by atoms with Gasteiger partial charge >= 0.3 is 0 Å². The van der Waals surface area contributed by atoms with E-state index in [0.29, 0.717) is 18.0 Å². The van der Waals surface area contributed by atoms with Crippen LogP contribution in [0.3, 0.4) is 0 Å². The number of benzene rings is 1. The molecule has 34 heavy (non-hydrogen) atoms. The largest absolute Gasteiger partial charge is 0.354 e. The average molecular weight is 456 g/mol. The monoisotopic (exact) mass is 455 g/mol. The molecule has 0 N–H and O–H groups in total. The summed E-state index contributed by atoms with van der Waals surface area (Å²) in [5.74, 6) is 1.77. The molecule has 3 fully saturated rings. The first-order valence-corrected chi connectivity index (χ1v) is 12.7. The van der Waals surface area contributed by atoms with Gasteiger partial charge in [-0.05, 0) is 74.2 Å². The lowest BCUT2D eigenvalue weighted by Gasteiger charge is -2.39. The van der Waals surface area contributed by atoms with Crippen LogP contribution < -0.4 is 4.90 Å². The number of fused-ring (bicyclic) bond motifs is 3. The third kappa shape index (κ3) is 4.16. The fourth-order valence-corrected chi connectivity index (χ4v) is 6.29. The van der Waals surface area contributed by atoms with Crippen molar-refractivity contribution in [1.82, 2.24) is 19.8 Å². The molecule has 0 unspecified atom stereocenters. The predicted molar refractivity (Wildman–Crippen MR) is 135 cm³/mol. The number of hydrogen-bond donors (Lipinski definition) is 0. The van der Waals surface area contributed by atoms with Gasteiger partial charge in [-0.15, -0.1) is 0 Å². The van der Waals surface area contributed by atoms with Crippen LogP contribution in [0.15, 0.2) is 55.0 Å². The summed E-state index contributed by atoms with van der Waals surface area (Å²) in [6.45, 7) is 3.99. The zero-order valence-electron chi connectivity index (χ0n) is 19.9. The molecule has 176 valence electrons. The summed E-state index contributed by atoms with van der Waals surface area (Å²) in [4.78, 5) is 29.3. The fraction of sp³-hybridized carbons (Fsp3) is 0.464. The lowest BCUT2D eigenvalue weighted by atomic mass is 9.85. The Hall–Kier alpha value is -2.99. The Bertz CT molecular complexity index is 1170. The van der Waals surface area contributed by atoms with E-state index in [4.69, 9.17) is 0 Å². The normalized spacial score (nSPS) is 25.1. The van der Waals surface area contributed by atoms with Gasteiger partial charge in [-0.1, -0.05) is 18.2 Å². The fourth-order valence-electron chi connectivity index (χ4n) is 6.29. The average Bonchev–Trinajstić information content (AvgIpc) is 3.14. The Morgan fingerprint density at radius 1 is 0.941 bits per heavy atom. The Morgan fingerprint density at radius 3 is 2.53 bits per heavy atom. The molecule has 0 aliphatic carbocycles. The molecule has 3 aliphatic heterocycles. The maximum Gasteiger partial charge on any atom is 0.254 e. The van der Waals surface area contributed by atoms with Crippen molar-refractivity contribution in [2.75, 3.05) is 38.1 Å². The second-order valence-electron chi connectivity index (χ2n) is 10.4. The first kappa shape index (κ1) is 21.5. The number of piperazine rings is 1. The number of nitrogens with zero attached hydrogens (tertiary/aromatic N) is 5. The highest BCUT2D eigenvalue weighted by Gasteiger charge is 2.43. The summed E-state index contributed by atoms with van der Waals surface area (Å²) in [6, 6.07) is 13.5. The van der Waals surface area contributed by atoms with Crippen LogP contribution in [0.4, 0.5) is 5.82 Å². The molecule has 2 atom stereocenters. The van der Waals surface area contributed by atoms with Crippen molar-refractivity contribution in [2.24, 2.45) is 5.92 Å². The van der Waals surface area contributed by atoms with E-state index in [1.807, 2.05) is 30.7 Å². The van der Waals surface area contributed by atoms with E-state index < -0.39 is 0 Å². The van der Waals surface area contributed by atoms with Crippen LogP contribution in [0, 0.1) is 5.92 Å². The van der Waals surface area contributed by atoms with E-state index in [2.05, 4.69) is 56.0 Å². The van der Waals surface area contributed by atoms with E-state index in [9.17, 15) is 4.79 Å². The van der Waals surface area contributed by atoms with Crippen LogP contribution in [0.25, 0.3) is 10.8 Å². The number of likely N-dealkylation sites (N-methyl/N-ethyl adjacent to an activating group) is 1. The van der Waals surface area contributed by atoms with Crippen molar-refractivity contribution >= 4 is 22.5 Å². The topological polar surface area (TPSA) is 52.6 Å². The molecule has 5 heterocycles. The standard InChI is InChI=1S/C28H33N5O/c1-31-10-12-32(13-11-31)27-18-23(7-9-30-27)28(34)33-25-4-5-26(33)17-21(16-25)14-20-2-3-24-19-29-8-6-22(24)15-20/h2-3,6-9,15,18-19,21,25-26H,4-5,10-14,16-17H2,1H3/t25-,26-/m0/s1. The molecule has 6 rings (SSSR count). The molecule has 2 aromatic heterocycles. The SMILES string of the molecule is CN1CCN(c2cc(C(=O)N3[C@H]4CC[C@H]3CC(Cc3ccc5cnccc5c3)C4)ccn2)CC1. The smallest absolute Gasteiger partial charge is 0.254 e. The molecule has 6 heteroatoms. The minimum absolute atomic E-state index is 0.196. The number of anilines is 1.